The molecule has 1 heterocycles. The van der Waals surface area contributed by atoms with Gasteiger partial charge in [0.25, 0.3) is 0 Å². The van der Waals surface area contributed by atoms with Crippen molar-refractivity contribution in [3.63, 3.8) is 0 Å². The molecule has 0 radical (unpaired) electrons. The van der Waals surface area contributed by atoms with Crippen LogP contribution in [0.2, 0.25) is 0 Å². The van der Waals surface area contributed by atoms with Gasteiger partial charge in [0.05, 0.1) is 0 Å². The third kappa shape index (κ3) is 2.63. The second kappa shape index (κ2) is 5.09. The molecule has 94 valence electrons. The van der Waals surface area contributed by atoms with Gasteiger partial charge in [-0.3, -0.25) is 4.90 Å². The van der Waals surface area contributed by atoms with Gasteiger partial charge in [0.1, 0.15) is 0 Å². The molecule has 17 heavy (non-hydrogen) atoms. The van der Waals surface area contributed by atoms with Crippen molar-refractivity contribution in [3.05, 3.63) is 30.3 Å². The quantitative estimate of drug-likeness (QED) is 0.773. The molecule has 1 aliphatic rings. The van der Waals surface area contributed by atoms with E-state index in [-0.39, 0.29) is 0 Å². The molecule has 2 nitrogen and oxygen atoms in total. The van der Waals surface area contributed by atoms with Crippen LogP contribution >= 0.6 is 0 Å². The fraction of sp³-hybridized carbons (Fsp3) is 0.600. The lowest BCUT2D eigenvalue weighted by molar-refractivity contribution is 0.0954. The number of para-hydroxylation sites is 1. The first-order chi connectivity index (χ1) is 8.09. The van der Waals surface area contributed by atoms with Crippen LogP contribution in [-0.2, 0) is 0 Å². The lowest BCUT2D eigenvalue weighted by atomic mass is 10.0. The number of benzene rings is 1. The van der Waals surface area contributed by atoms with Crippen LogP contribution in [0, 0.1) is 0 Å². The third-order valence-corrected chi connectivity index (χ3v) is 3.70. The van der Waals surface area contributed by atoms with Gasteiger partial charge >= 0.3 is 0 Å². The summed E-state index contributed by atoms with van der Waals surface area (Å²) in [4.78, 5) is 5.13. The first-order valence-electron chi connectivity index (χ1n) is 6.67. The van der Waals surface area contributed by atoms with E-state index in [0.717, 1.165) is 13.1 Å². The minimum Gasteiger partial charge on any atom is -0.368 e. The van der Waals surface area contributed by atoms with Crippen LogP contribution in [0.25, 0.3) is 0 Å². The Morgan fingerprint density at radius 3 is 2.00 bits per heavy atom. The Bertz CT molecular complexity index is 335. The summed E-state index contributed by atoms with van der Waals surface area (Å²) < 4.78 is 0. The van der Waals surface area contributed by atoms with Gasteiger partial charge in [-0.15, -0.1) is 0 Å². The number of hydrogen-bond acceptors (Lipinski definition) is 2. The first kappa shape index (κ1) is 12.4. The Morgan fingerprint density at radius 2 is 1.53 bits per heavy atom. The molecule has 1 aromatic rings. The maximum atomic E-state index is 2.62. The van der Waals surface area contributed by atoms with E-state index in [1.165, 1.54) is 5.69 Å². The first-order valence-corrected chi connectivity index (χ1v) is 6.67. The molecule has 0 aliphatic carbocycles. The zero-order chi connectivity index (χ0) is 12.4. The largest absolute Gasteiger partial charge is 0.368 e. The number of piperazine rings is 1. The summed E-state index contributed by atoms with van der Waals surface area (Å²) in [6, 6.07) is 12.6. The Labute approximate surface area is 105 Å². The minimum absolute atomic E-state index is 0.624. The van der Waals surface area contributed by atoms with Gasteiger partial charge in [0.15, 0.2) is 0 Å². The molecule has 0 N–H and O–H groups in total. The molecule has 1 aliphatic heterocycles. The summed E-state index contributed by atoms with van der Waals surface area (Å²) in [7, 11) is 0. The smallest absolute Gasteiger partial charge is 0.0367 e. The molecule has 1 fully saturated rings. The highest BCUT2D eigenvalue weighted by atomic mass is 15.3. The topological polar surface area (TPSA) is 6.48 Å². The summed E-state index contributed by atoms with van der Waals surface area (Å²) in [5.41, 5.74) is 1.36. The van der Waals surface area contributed by atoms with Crippen molar-refractivity contribution in [3.8, 4) is 0 Å². The molecule has 2 rings (SSSR count). The molecule has 2 atom stereocenters. The van der Waals surface area contributed by atoms with Crippen LogP contribution in [0.4, 0.5) is 5.69 Å². The lowest BCUT2D eigenvalue weighted by Gasteiger charge is -2.47. The number of nitrogens with zero attached hydrogens (tertiary/aromatic N) is 2. The fourth-order valence-electron chi connectivity index (χ4n) is 3.20. The molecule has 0 aromatic heterocycles. The summed E-state index contributed by atoms with van der Waals surface area (Å²) >= 11 is 0. The highest BCUT2D eigenvalue weighted by Gasteiger charge is 2.30. The van der Waals surface area contributed by atoms with Gasteiger partial charge in [-0.05, 0) is 39.8 Å². The van der Waals surface area contributed by atoms with Crippen LogP contribution in [0.1, 0.15) is 27.7 Å². The van der Waals surface area contributed by atoms with Gasteiger partial charge in [0, 0.05) is 36.9 Å². The van der Waals surface area contributed by atoms with E-state index >= 15 is 0 Å². The van der Waals surface area contributed by atoms with Gasteiger partial charge in [0.2, 0.25) is 0 Å². The molecule has 0 saturated carbocycles. The highest BCUT2D eigenvalue weighted by molar-refractivity contribution is 5.46. The van der Waals surface area contributed by atoms with Crippen molar-refractivity contribution in [2.45, 2.75) is 45.8 Å². The summed E-state index contributed by atoms with van der Waals surface area (Å²) in [5, 5.41) is 0. The molecular formula is C15H24N2. The Morgan fingerprint density at radius 1 is 1.00 bits per heavy atom. The van der Waals surface area contributed by atoms with Crippen LogP contribution in [0.15, 0.2) is 30.3 Å². The second-order valence-corrected chi connectivity index (χ2v) is 5.48. The van der Waals surface area contributed by atoms with Gasteiger partial charge in [-0.2, -0.15) is 0 Å². The predicted octanol–water partition coefficient (Wildman–Crippen LogP) is 2.99. The molecule has 0 spiro atoms. The fourth-order valence-corrected chi connectivity index (χ4v) is 3.20. The minimum atomic E-state index is 0.624. The summed E-state index contributed by atoms with van der Waals surface area (Å²) in [6.07, 6.45) is 0. The zero-order valence-corrected chi connectivity index (χ0v) is 11.4. The van der Waals surface area contributed by atoms with Crippen molar-refractivity contribution >= 4 is 5.69 Å². The van der Waals surface area contributed by atoms with Gasteiger partial charge in [-0.25, -0.2) is 0 Å². The van der Waals surface area contributed by atoms with Crippen molar-refractivity contribution < 1.29 is 0 Å². The normalized spacial score (nSPS) is 26.5. The number of hydrogen-bond donors (Lipinski definition) is 0. The summed E-state index contributed by atoms with van der Waals surface area (Å²) in [6.45, 7) is 11.5. The third-order valence-electron chi connectivity index (χ3n) is 3.70. The second-order valence-electron chi connectivity index (χ2n) is 5.48. The van der Waals surface area contributed by atoms with Crippen LogP contribution in [-0.4, -0.2) is 36.1 Å². The van der Waals surface area contributed by atoms with Crippen LogP contribution in [0.3, 0.4) is 0 Å². The van der Waals surface area contributed by atoms with E-state index in [1.54, 1.807) is 0 Å². The molecule has 1 aromatic carbocycles. The predicted molar refractivity (Wildman–Crippen MR) is 74.6 cm³/mol. The average molecular weight is 232 g/mol. The number of anilines is 1. The van der Waals surface area contributed by atoms with E-state index in [0.29, 0.717) is 18.1 Å². The van der Waals surface area contributed by atoms with Crippen LogP contribution in [0.5, 0.6) is 0 Å². The molecule has 2 unspecified atom stereocenters. The van der Waals surface area contributed by atoms with Crippen molar-refractivity contribution in [1.82, 2.24) is 4.90 Å². The lowest BCUT2D eigenvalue weighted by Crippen LogP contribution is -2.58. The molecule has 2 heteroatoms. The maximum Gasteiger partial charge on any atom is 0.0367 e. The monoisotopic (exact) mass is 232 g/mol. The van der Waals surface area contributed by atoms with E-state index in [1.807, 2.05) is 0 Å². The van der Waals surface area contributed by atoms with E-state index in [2.05, 4.69) is 67.8 Å². The number of rotatable bonds is 2. The summed E-state index contributed by atoms with van der Waals surface area (Å²) in [5.74, 6) is 0. The van der Waals surface area contributed by atoms with E-state index in [9.17, 15) is 0 Å². The average Bonchev–Trinajstić information content (AvgIpc) is 2.28. The van der Waals surface area contributed by atoms with Gasteiger partial charge < -0.3 is 4.90 Å². The van der Waals surface area contributed by atoms with Crippen molar-refractivity contribution in [2.24, 2.45) is 0 Å². The van der Waals surface area contributed by atoms with Crippen LogP contribution < -0.4 is 4.90 Å². The van der Waals surface area contributed by atoms with Crippen molar-refractivity contribution in [1.29, 1.82) is 0 Å². The zero-order valence-electron chi connectivity index (χ0n) is 11.4. The Kier molecular flexibility index (Phi) is 3.72. The molecule has 1 saturated heterocycles. The standard InChI is InChI=1S/C15H24N2/c1-12(2)17-13(3)10-16(11-14(17)4)15-8-6-5-7-9-15/h5-9,12-14H,10-11H2,1-4H3. The molecule has 0 bridgehead atoms. The maximum absolute atomic E-state index is 2.62. The van der Waals surface area contributed by atoms with E-state index < -0.39 is 0 Å². The highest BCUT2D eigenvalue weighted by Crippen LogP contribution is 2.23. The Hall–Kier alpha value is -1.02. The molecular weight excluding hydrogens is 208 g/mol. The Balaban J connectivity index is 2.11. The van der Waals surface area contributed by atoms with E-state index in [4.69, 9.17) is 0 Å². The molecule has 0 amide bonds. The SMILES string of the molecule is CC(C)N1C(C)CN(c2ccccc2)CC1C. The van der Waals surface area contributed by atoms with Gasteiger partial charge in [-0.1, -0.05) is 18.2 Å². The van der Waals surface area contributed by atoms with Crippen molar-refractivity contribution in [2.75, 3.05) is 18.0 Å².